The lowest BCUT2D eigenvalue weighted by molar-refractivity contribution is 0.0583. The minimum Gasteiger partial charge on any atom is -0.474 e. The molecule has 1 aliphatic heterocycles. The third-order valence-electron chi connectivity index (χ3n) is 2.57. The molecule has 92 valence electrons. The summed E-state index contributed by atoms with van der Waals surface area (Å²) in [4.78, 5) is 19.1. The Kier molecular flexibility index (Phi) is 3.87. The van der Waals surface area contributed by atoms with E-state index in [4.69, 9.17) is 4.74 Å². The molecule has 17 heavy (non-hydrogen) atoms. The number of hydrogen-bond acceptors (Lipinski definition) is 6. The van der Waals surface area contributed by atoms with Crippen molar-refractivity contribution in [1.29, 1.82) is 0 Å². The molecule has 0 aliphatic carbocycles. The first-order chi connectivity index (χ1) is 8.29. The van der Waals surface area contributed by atoms with Crippen molar-refractivity contribution in [3.63, 3.8) is 0 Å². The van der Waals surface area contributed by atoms with Gasteiger partial charge in [-0.2, -0.15) is 4.98 Å². The highest BCUT2D eigenvalue weighted by Gasteiger charge is 2.16. The van der Waals surface area contributed by atoms with Gasteiger partial charge in [-0.1, -0.05) is 0 Å². The quantitative estimate of drug-likeness (QED) is 0.767. The average Bonchev–Trinajstić information content (AvgIpc) is 2.39. The third kappa shape index (κ3) is 3.13. The van der Waals surface area contributed by atoms with Gasteiger partial charge in [0.1, 0.15) is 6.10 Å². The van der Waals surface area contributed by atoms with Crippen LogP contribution >= 0.6 is 0 Å². The SMILES string of the molecule is COC(=O)c1nccc(OC2CCNCC2)n1. The van der Waals surface area contributed by atoms with Crippen LogP contribution < -0.4 is 10.1 Å². The van der Waals surface area contributed by atoms with Crippen LogP contribution in [-0.2, 0) is 4.74 Å². The molecule has 1 aromatic rings. The largest absolute Gasteiger partial charge is 0.474 e. The molecule has 0 aromatic carbocycles. The fourth-order valence-electron chi connectivity index (χ4n) is 1.68. The number of hydrogen-bond donors (Lipinski definition) is 1. The van der Waals surface area contributed by atoms with E-state index in [9.17, 15) is 4.79 Å². The van der Waals surface area contributed by atoms with Crippen molar-refractivity contribution in [2.24, 2.45) is 0 Å². The Labute approximate surface area is 99.4 Å². The zero-order valence-corrected chi connectivity index (χ0v) is 9.68. The minimum atomic E-state index is -0.555. The molecule has 0 radical (unpaired) electrons. The topological polar surface area (TPSA) is 73.3 Å². The van der Waals surface area contributed by atoms with Gasteiger partial charge in [-0.3, -0.25) is 0 Å². The van der Waals surface area contributed by atoms with Gasteiger partial charge in [-0.05, 0) is 25.9 Å². The highest BCUT2D eigenvalue weighted by molar-refractivity contribution is 5.84. The van der Waals surface area contributed by atoms with E-state index in [0.717, 1.165) is 25.9 Å². The van der Waals surface area contributed by atoms with Crippen LogP contribution in [0.5, 0.6) is 5.88 Å². The second-order valence-electron chi connectivity index (χ2n) is 3.78. The minimum absolute atomic E-state index is 0.0268. The van der Waals surface area contributed by atoms with E-state index in [-0.39, 0.29) is 11.9 Å². The van der Waals surface area contributed by atoms with Crippen LogP contribution in [0.1, 0.15) is 23.5 Å². The third-order valence-corrected chi connectivity index (χ3v) is 2.57. The molecule has 0 atom stereocenters. The first-order valence-corrected chi connectivity index (χ1v) is 5.58. The molecule has 6 nitrogen and oxygen atoms in total. The van der Waals surface area contributed by atoms with Crippen molar-refractivity contribution < 1.29 is 14.3 Å². The fraction of sp³-hybridized carbons (Fsp3) is 0.545. The van der Waals surface area contributed by atoms with Gasteiger partial charge in [0.2, 0.25) is 11.7 Å². The van der Waals surface area contributed by atoms with Crippen molar-refractivity contribution in [3.05, 3.63) is 18.1 Å². The lowest BCUT2D eigenvalue weighted by Gasteiger charge is -2.23. The van der Waals surface area contributed by atoms with E-state index < -0.39 is 5.97 Å². The molecular weight excluding hydrogens is 222 g/mol. The number of aromatic nitrogens is 2. The maximum Gasteiger partial charge on any atom is 0.376 e. The van der Waals surface area contributed by atoms with Crippen molar-refractivity contribution in [1.82, 2.24) is 15.3 Å². The molecular formula is C11H15N3O3. The summed E-state index contributed by atoms with van der Waals surface area (Å²) in [6.07, 6.45) is 3.53. The monoisotopic (exact) mass is 237 g/mol. The lowest BCUT2D eigenvalue weighted by atomic mass is 10.1. The molecule has 0 amide bonds. The van der Waals surface area contributed by atoms with Crippen LogP contribution in [-0.4, -0.2) is 42.2 Å². The predicted octanol–water partition coefficient (Wildman–Crippen LogP) is 0.394. The highest BCUT2D eigenvalue weighted by Crippen LogP contribution is 2.13. The van der Waals surface area contributed by atoms with Crippen LogP contribution in [0.2, 0.25) is 0 Å². The molecule has 0 saturated carbocycles. The van der Waals surface area contributed by atoms with Crippen LogP contribution in [0.3, 0.4) is 0 Å². The second-order valence-corrected chi connectivity index (χ2v) is 3.78. The first kappa shape index (κ1) is 11.8. The molecule has 1 aliphatic rings. The number of carbonyl (C=O) groups is 1. The lowest BCUT2D eigenvalue weighted by Crippen LogP contribution is -2.34. The van der Waals surface area contributed by atoms with E-state index in [1.54, 1.807) is 6.07 Å². The maximum atomic E-state index is 11.2. The second kappa shape index (κ2) is 5.58. The van der Waals surface area contributed by atoms with E-state index >= 15 is 0 Å². The number of esters is 1. The van der Waals surface area contributed by atoms with Crippen LogP contribution in [0.4, 0.5) is 0 Å². The summed E-state index contributed by atoms with van der Waals surface area (Å²) in [6, 6.07) is 1.65. The summed E-state index contributed by atoms with van der Waals surface area (Å²) in [6.45, 7) is 1.89. The Hall–Kier alpha value is -1.69. The maximum absolute atomic E-state index is 11.2. The summed E-state index contributed by atoms with van der Waals surface area (Å²) in [5.74, 6) is -0.105. The summed E-state index contributed by atoms with van der Waals surface area (Å²) < 4.78 is 10.2. The Balaban J connectivity index is 2.02. The van der Waals surface area contributed by atoms with Crippen LogP contribution in [0.15, 0.2) is 12.3 Å². The van der Waals surface area contributed by atoms with Gasteiger partial charge in [-0.25, -0.2) is 9.78 Å². The number of methoxy groups -OCH3 is 1. The summed E-state index contributed by atoms with van der Waals surface area (Å²) in [7, 11) is 1.30. The van der Waals surface area contributed by atoms with E-state index in [1.165, 1.54) is 13.3 Å². The van der Waals surface area contributed by atoms with Crippen molar-refractivity contribution in [2.75, 3.05) is 20.2 Å². The van der Waals surface area contributed by atoms with E-state index in [0.29, 0.717) is 5.88 Å². The van der Waals surface area contributed by atoms with Gasteiger partial charge in [0.25, 0.3) is 0 Å². The molecule has 2 heterocycles. The van der Waals surface area contributed by atoms with Crippen molar-refractivity contribution >= 4 is 5.97 Å². The Morgan fingerprint density at radius 2 is 2.24 bits per heavy atom. The summed E-state index contributed by atoms with van der Waals surface area (Å²) in [5.41, 5.74) is 0. The van der Waals surface area contributed by atoms with Crippen molar-refractivity contribution in [3.8, 4) is 5.88 Å². The van der Waals surface area contributed by atoms with Gasteiger partial charge < -0.3 is 14.8 Å². The van der Waals surface area contributed by atoms with Gasteiger partial charge in [-0.15, -0.1) is 0 Å². The average molecular weight is 237 g/mol. The number of nitrogens with zero attached hydrogens (tertiary/aromatic N) is 2. The smallest absolute Gasteiger partial charge is 0.376 e. The molecule has 1 N–H and O–H groups in total. The zero-order valence-electron chi connectivity index (χ0n) is 9.68. The number of nitrogens with one attached hydrogen (secondary N) is 1. The van der Waals surface area contributed by atoms with Gasteiger partial charge >= 0.3 is 5.97 Å². The molecule has 0 unspecified atom stereocenters. The number of piperidine rings is 1. The van der Waals surface area contributed by atoms with E-state index in [1.807, 2.05) is 0 Å². The number of carbonyl (C=O) groups excluding carboxylic acids is 1. The zero-order chi connectivity index (χ0) is 12.1. The predicted molar refractivity (Wildman–Crippen MR) is 59.9 cm³/mol. The first-order valence-electron chi connectivity index (χ1n) is 5.58. The molecule has 0 spiro atoms. The van der Waals surface area contributed by atoms with Gasteiger partial charge in [0.15, 0.2) is 0 Å². The van der Waals surface area contributed by atoms with Gasteiger partial charge in [0, 0.05) is 12.3 Å². The molecule has 2 rings (SSSR count). The molecule has 1 saturated heterocycles. The Morgan fingerprint density at radius 1 is 1.47 bits per heavy atom. The fourth-order valence-corrected chi connectivity index (χ4v) is 1.68. The summed E-state index contributed by atoms with van der Waals surface area (Å²) >= 11 is 0. The Bertz CT molecular complexity index is 391. The molecule has 6 heteroatoms. The van der Waals surface area contributed by atoms with Crippen LogP contribution in [0.25, 0.3) is 0 Å². The van der Waals surface area contributed by atoms with E-state index in [2.05, 4.69) is 20.0 Å². The highest BCUT2D eigenvalue weighted by atomic mass is 16.5. The number of rotatable bonds is 3. The standard InChI is InChI=1S/C11H15N3O3/c1-16-11(15)10-13-7-4-9(14-10)17-8-2-5-12-6-3-8/h4,7-8,12H,2-3,5-6H2,1H3. The Morgan fingerprint density at radius 3 is 2.94 bits per heavy atom. The summed E-state index contributed by atoms with van der Waals surface area (Å²) in [5, 5.41) is 3.25. The van der Waals surface area contributed by atoms with Gasteiger partial charge in [0.05, 0.1) is 7.11 Å². The van der Waals surface area contributed by atoms with Crippen LogP contribution in [0, 0.1) is 0 Å². The van der Waals surface area contributed by atoms with Crippen molar-refractivity contribution in [2.45, 2.75) is 18.9 Å². The molecule has 1 fully saturated rings. The number of ether oxygens (including phenoxy) is 2. The normalized spacial score (nSPS) is 16.5. The molecule has 0 bridgehead atoms. The molecule has 1 aromatic heterocycles.